The molecule has 2 N–H and O–H groups in total. The number of nitrogens with zero attached hydrogens (tertiary/aromatic N) is 1. The van der Waals surface area contributed by atoms with E-state index in [-0.39, 0.29) is 11.3 Å². The maximum atomic E-state index is 12.8. The van der Waals surface area contributed by atoms with Crippen molar-refractivity contribution in [3.63, 3.8) is 0 Å². The van der Waals surface area contributed by atoms with Crippen LogP contribution in [0.25, 0.3) is 0 Å². The number of amides is 2. The number of carbonyl (C=O) groups excluding carboxylic acids is 2. The van der Waals surface area contributed by atoms with Crippen LogP contribution < -0.4 is 15.6 Å². The first-order valence-electron chi connectivity index (χ1n) is 7.55. The summed E-state index contributed by atoms with van der Waals surface area (Å²) in [6.07, 6.45) is -0.945. The van der Waals surface area contributed by atoms with Crippen LogP contribution >= 0.6 is 0 Å². The van der Waals surface area contributed by atoms with E-state index in [0.29, 0.717) is 11.3 Å². The average Bonchev–Trinajstić information content (AvgIpc) is 2.60. The fourth-order valence-corrected chi connectivity index (χ4v) is 2.06. The molecule has 0 aliphatic rings. The van der Waals surface area contributed by atoms with E-state index in [1.807, 2.05) is 0 Å². The fraction of sp³-hybridized carbons (Fsp3) is 0.176. The molecule has 8 nitrogen and oxygen atoms in total. The zero-order chi connectivity index (χ0) is 19.3. The van der Waals surface area contributed by atoms with E-state index in [4.69, 9.17) is 4.74 Å². The minimum atomic E-state index is -0.945. The molecule has 0 aromatic heterocycles. The van der Waals surface area contributed by atoms with Crippen LogP contribution in [0.2, 0.25) is 0 Å². The quantitative estimate of drug-likeness (QED) is 0.627. The summed E-state index contributed by atoms with van der Waals surface area (Å²) in [5, 5.41) is 10.8. The highest BCUT2D eigenvalue weighted by atomic mass is 19.1. The SMILES string of the molecule is Cc1cc(C(=O)NNC(=O)C(C)Oc2ccc(F)cc2)ccc1[N+](=O)[O-]. The molecular formula is C17H16FN3O5. The van der Waals surface area contributed by atoms with Crippen LogP contribution in [0.4, 0.5) is 10.1 Å². The molecule has 136 valence electrons. The molecule has 0 bridgehead atoms. The zero-order valence-electron chi connectivity index (χ0n) is 14.0. The topological polar surface area (TPSA) is 111 Å². The third-order valence-corrected chi connectivity index (χ3v) is 3.45. The van der Waals surface area contributed by atoms with E-state index in [9.17, 15) is 24.1 Å². The van der Waals surface area contributed by atoms with Gasteiger partial charge in [0.05, 0.1) is 4.92 Å². The number of halogens is 1. The van der Waals surface area contributed by atoms with Gasteiger partial charge in [0.25, 0.3) is 17.5 Å². The number of aryl methyl sites for hydroxylation is 1. The van der Waals surface area contributed by atoms with Gasteiger partial charge in [-0.3, -0.25) is 30.6 Å². The number of carbonyl (C=O) groups is 2. The van der Waals surface area contributed by atoms with E-state index in [0.717, 1.165) is 0 Å². The van der Waals surface area contributed by atoms with Crippen molar-refractivity contribution in [3.8, 4) is 5.75 Å². The molecule has 0 spiro atoms. The summed E-state index contributed by atoms with van der Waals surface area (Å²) in [6.45, 7) is 2.97. The van der Waals surface area contributed by atoms with Crippen molar-refractivity contribution in [2.45, 2.75) is 20.0 Å². The molecular weight excluding hydrogens is 345 g/mol. The third kappa shape index (κ3) is 4.76. The fourth-order valence-electron chi connectivity index (χ4n) is 2.06. The van der Waals surface area contributed by atoms with Gasteiger partial charge >= 0.3 is 0 Å². The van der Waals surface area contributed by atoms with Gasteiger partial charge in [-0.05, 0) is 50.2 Å². The number of nitro benzene ring substituents is 1. The minimum Gasteiger partial charge on any atom is -0.481 e. The summed E-state index contributed by atoms with van der Waals surface area (Å²) in [5.74, 6) is -1.39. The highest BCUT2D eigenvalue weighted by Crippen LogP contribution is 2.18. The van der Waals surface area contributed by atoms with Gasteiger partial charge in [0, 0.05) is 17.2 Å². The summed E-state index contributed by atoms with van der Waals surface area (Å²) in [4.78, 5) is 34.2. The first kappa shape index (κ1) is 18.8. The molecule has 0 heterocycles. The average molecular weight is 361 g/mol. The summed E-state index contributed by atoms with van der Waals surface area (Å²) in [7, 11) is 0. The monoisotopic (exact) mass is 361 g/mol. The van der Waals surface area contributed by atoms with Crippen molar-refractivity contribution in [1.29, 1.82) is 0 Å². The number of benzene rings is 2. The summed E-state index contributed by atoms with van der Waals surface area (Å²) in [5.41, 5.74) is 4.77. The van der Waals surface area contributed by atoms with Gasteiger partial charge in [0.15, 0.2) is 6.10 Å². The van der Waals surface area contributed by atoms with Gasteiger partial charge in [-0.25, -0.2) is 4.39 Å². The van der Waals surface area contributed by atoms with Gasteiger partial charge < -0.3 is 4.74 Å². The molecule has 9 heteroatoms. The molecule has 2 aromatic carbocycles. The van der Waals surface area contributed by atoms with Crippen LogP contribution in [0, 0.1) is 22.9 Å². The molecule has 0 aliphatic heterocycles. The second-order valence-electron chi connectivity index (χ2n) is 5.42. The number of rotatable bonds is 5. The molecule has 0 saturated carbocycles. The van der Waals surface area contributed by atoms with Crippen molar-refractivity contribution in [3.05, 3.63) is 69.5 Å². The first-order valence-corrected chi connectivity index (χ1v) is 7.55. The molecule has 0 fully saturated rings. The Morgan fingerprint density at radius 2 is 1.81 bits per heavy atom. The van der Waals surface area contributed by atoms with E-state index in [2.05, 4.69) is 10.9 Å². The van der Waals surface area contributed by atoms with E-state index < -0.39 is 28.7 Å². The van der Waals surface area contributed by atoms with Crippen LogP contribution in [0.15, 0.2) is 42.5 Å². The lowest BCUT2D eigenvalue weighted by Crippen LogP contribution is -2.47. The van der Waals surface area contributed by atoms with E-state index in [1.54, 1.807) is 0 Å². The number of hydrazine groups is 1. The van der Waals surface area contributed by atoms with Gasteiger partial charge in [0.2, 0.25) is 0 Å². The smallest absolute Gasteiger partial charge is 0.279 e. The Morgan fingerprint density at radius 3 is 2.38 bits per heavy atom. The zero-order valence-corrected chi connectivity index (χ0v) is 14.0. The van der Waals surface area contributed by atoms with Crippen molar-refractivity contribution >= 4 is 17.5 Å². The van der Waals surface area contributed by atoms with Crippen molar-refractivity contribution in [2.75, 3.05) is 0 Å². The lowest BCUT2D eigenvalue weighted by molar-refractivity contribution is -0.385. The van der Waals surface area contributed by atoms with E-state index in [1.165, 1.54) is 56.3 Å². The van der Waals surface area contributed by atoms with Crippen molar-refractivity contribution in [1.82, 2.24) is 10.9 Å². The largest absolute Gasteiger partial charge is 0.481 e. The first-order chi connectivity index (χ1) is 12.3. The highest BCUT2D eigenvalue weighted by Gasteiger charge is 2.17. The van der Waals surface area contributed by atoms with Crippen LogP contribution in [-0.2, 0) is 4.79 Å². The molecule has 2 rings (SSSR count). The van der Waals surface area contributed by atoms with Crippen LogP contribution in [0.5, 0.6) is 5.75 Å². The number of ether oxygens (including phenoxy) is 1. The second kappa shape index (κ2) is 8.06. The van der Waals surface area contributed by atoms with E-state index >= 15 is 0 Å². The Balaban J connectivity index is 1.91. The highest BCUT2D eigenvalue weighted by molar-refractivity contribution is 5.96. The number of nitrogens with one attached hydrogen (secondary N) is 2. The molecule has 0 saturated heterocycles. The Labute approximate surface area is 148 Å². The molecule has 1 unspecified atom stereocenters. The van der Waals surface area contributed by atoms with Crippen molar-refractivity contribution in [2.24, 2.45) is 0 Å². The lowest BCUT2D eigenvalue weighted by atomic mass is 10.1. The Kier molecular flexibility index (Phi) is 5.84. The normalized spacial score (nSPS) is 11.3. The van der Waals surface area contributed by atoms with Crippen LogP contribution in [-0.4, -0.2) is 22.8 Å². The Bertz CT molecular complexity index is 839. The third-order valence-electron chi connectivity index (χ3n) is 3.45. The minimum absolute atomic E-state index is 0.105. The second-order valence-corrected chi connectivity index (χ2v) is 5.42. The number of nitro groups is 1. The van der Waals surface area contributed by atoms with Crippen LogP contribution in [0.3, 0.4) is 0 Å². The van der Waals surface area contributed by atoms with Gasteiger partial charge in [-0.1, -0.05) is 0 Å². The molecule has 0 aliphatic carbocycles. The summed E-state index contributed by atoms with van der Waals surface area (Å²) < 4.78 is 18.2. The molecule has 0 radical (unpaired) electrons. The maximum Gasteiger partial charge on any atom is 0.279 e. The Hall–Kier alpha value is -3.49. The lowest BCUT2D eigenvalue weighted by Gasteiger charge is -2.15. The van der Waals surface area contributed by atoms with Crippen molar-refractivity contribution < 1.29 is 23.6 Å². The predicted molar refractivity (Wildman–Crippen MR) is 89.9 cm³/mol. The number of hydrogen-bond donors (Lipinski definition) is 2. The standard InChI is InChI=1S/C17H16FN3O5/c1-10-9-12(3-8-15(10)21(24)25)17(23)20-19-16(22)11(2)26-14-6-4-13(18)5-7-14/h3-9,11H,1-2H3,(H,19,22)(H,20,23). The molecule has 2 aromatic rings. The summed E-state index contributed by atoms with van der Waals surface area (Å²) in [6, 6.07) is 8.97. The van der Waals surface area contributed by atoms with Gasteiger partial charge in [0.1, 0.15) is 11.6 Å². The molecule has 26 heavy (non-hydrogen) atoms. The number of hydrogen-bond acceptors (Lipinski definition) is 5. The molecule has 1 atom stereocenters. The van der Waals surface area contributed by atoms with Gasteiger partial charge in [-0.2, -0.15) is 0 Å². The Morgan fingerprint density at radius 1 is 1.15 bits per heavy atom. The maximum absolute atomic E-state index is 12.8. The van der Waals surface area contributed by atoms with Crippen LogP contribution in [0.1, 0.15) is 22.8 Å². The predicted octanol–water partition coefficient (Wildman–Crippen LogP) is 2.27. The summed E-state index contributed by atoms with van der Waals surface area (Å²) >= 11 is 0. The van der Waals surface area contributed by atoms with Gasteiger partial charge in [-0.15, -0.1) is 0 Å². The molecule has 2 amide bonds.